The topological polar surface area (TPSA) is 97.1 Å². The van der Waals surface area contributed by atoms with Crippen molar-refractivity contribution in [1.29, 1.82) is 0 Å². The lowest BCUT2D eigenvalue weighted by Gasteiger charge is -2.07. The number of aromatic nitrogens is 1. The minimum Gasteiger partial charge on any atom is -0.330 e. The summed E-state index contributed by atoms with van der Waals surface area (Å²) in [6, 6.07) is 7.11. The van der Waals surface area contributed by atoms with Gasteiger partial charge in [0.05, 0.1) is 5.01 Å². The van der Waals surface area contributed by atoms with E-state index in [-0.39, 0.29) is 30.1 Å². The van der Waals surface area contributed by atoms with E-state index in [2.05, 4.69) is 15.6 Å². The summed E-state index contributed by atoms with van der Waals surface area (Å²) in [6.45, 7) is 0.511. The second-order valence-electron chi connectivity index (χ2n) is 5.46. The SMILES string of the molecule is Cl.NCCc1nc(C(=O)Nc2cccc(NC(=O)C3CC3)c2)cs1. The maximum absolute atomic E-state index is 12.2. The van der Waals surface area contributed by atoms with E-state index in [0.717, 1.165) is 17.8 Å². The van der Waals surface area contributed by atoms with Crippen LogP contribution < -0.4 is 16.4 Å². The molecule has 24 heavy (non-hydrogen) atoms. The van der Waals surface area contributed by atoms with E-state index in [1.165, 1.54) is 11.3 Å². The second kappa shape index (κ2) is 8.23. The van der Waals surface area contributed by atoms with Gasteiger partial charge in [-0.3, -0.25) is 9.59 Å². The first-order chi connectivity index (χ1) is 11.2. The highest BCUT2D eigenvalue weighted by atomic mass is 35.5. The van der Waals surface area contributed by atoms with Crippen molar-refractivity contribution in [2.45, 2.75) is 19.3 Å². The van der Waals surface area contributed by atoms with Crippen LogP contribution in [0.1, 0.15) is 28.3 Å². The average molecular weight is 367 g/mol. The van der Waals surface area contributed by atoms with E-state index in [1.54, 1.807) is 29.6 Å². The van der Waals surface area contributed by atoms with Crippen molar-refractivity contribution in [3.05, 3.63) is 40.3 Å². The molecule has 0 bridgehead atoms. The lowest BCUT2D eigenvalue weighted by molar-refractivity contribution is -0.117. The fraction of sp³-hybridized carbons (Fsp3) is 0.312. The highest BCUT2D eigenvalue weighted by Gasteiger charge is 2.29. The van der Waals surface area contributed by atoms with Crippen LogP contribution in [0.4, 0.5) is 11.4 Å². The molecule has 1 aliphatic carbocycles. The van der Waals surface area contributed by atoms with Crippen LogP contribution in [0.25, 0.3) is 0 Å². The van der Waals surface area contributed by atoms with Crippen LogP contribution in [0.2, 0.25) is 0 Å². The van der Waals surface area contributed by atoms with Crippen molar-refractivity contribution in [3.8, 4) is 0 Å². The quantitative estimate of drug-likeness (QED) is 0.732. The van der Waals surface area contributed by atoms with Crippen molar-refractivity contribution in [2.75, 3.05) is 17.2 Å². The minimum absolute atomic E-state index is 0. The summed E-state index contributed by atoms with van der Waals surface area (Å²) >= 11 is 1.43. The molecule has 3 rings (SSSR count). The average Bonchev–Trinajstić information content (AvgIpc) is 3.28. The molecule has 0 unspecified atom stereocenters. The Balaban J connectivity index is 0.00000208. The van der Waals surface area contributed by atoms with E-state index in [0.29, 0.717) is 30.0 Å². The predicted molar refractivity (Wildman–Crippen MR) is 97.9 cm³/mol. The maximum Gasteiger partial charge on any atom is 0.275 e. The molecule has 1 heterocycles. The second-order valence-corrected chi connectivity index (χ2v) is 6.41. The zero-order valence-electron chi connectivity index (χ0n) is 13.0. The van der Waals surface area contributed by atoms with Crippen LogP contribution in [0, 0.1) is 5.92 Å². The largest absolute Gasteiger partial charge is 0.330 e. The van der Waals surface area contributed by atoms with Crippen LogP contribution in [0.5, 0.6) is 0 Å². The molecule has 2 amide bonds. The van der Waals surface area contributed by atoms with Crippen LogP contribution in [0.15, 0.2) is 29.6 Å². The molecule has 0 radical (unpaired) electrons. The third-order valence-corrected chi connectivity index (χ3v) is 4.39. The molecule has 1 fully saturated rings. The Morgan fingerprint density at radius 1 is 1.25 bits per heavy atom. The number of carbonyl (C=O) groups excluding carboxylic acids is 2. The van der Waals surface area contributed by atoms with Crippen LogP contribution in [0.3, 0.4) is 0 Å². The van der Waals surface area contributed by atoms with Crippen LogP contribution in [-0.4, -0.2) is 23.3 Å². The number of hydrogen-bond acceptors (Lipinski definition) is 5. The summed E-state index contributed by atoms with van der Waals surface area (Å²) < 4.78 is 0. The van der Waals surface area contributed by atoms with Crippen molar-refractivity contribution in [3.63, 3.8) is 0 Å². The number of rotatable bonds is 6. The molecule has 8 heteroatoms. The molecular weight excluding hydrogens is 348 g/mol. The first-order valence-corrected chi connectivity index (χ1v) is 8.40. The number of nitrogens with two attached hydrogens (primary N) is 1. The number of nitrogens with one attached hydrogen (secondary N) is 2. The molecule has 0 spiro atoms. The Bertz CT molecular complexity index is 730. The summed E-state index contributed by atoms with van der Waals surface area (Å²) in [5, 5.41) is 8.23. The Morgan fingerprint density at radius 3 is 2.62 bits per heavy atom. The monoisotopic (exact) mass is 366 g/mol. The van der Waals surface area contributed by atoms with E-state index in [9.17, 15) is 9.59 Å². The molecule has 0 saturated heterocycles. The zero-order chi connectivity index (χ0) is 16.2. The third kappa shape index (κ3) is 4.77. The number of thiazole rings is 1. The van der Waals surface area contributed by atoms with Crippen LogP contribution >= 0.6 is 23.7 Å². The normalized spacial score (nSPS) is 13.0. The summed E-state index contributed by atoms with van der Waals surface area (Å²) in [7, 11) is 0. The first-order valence-electron chi connectivity index (χ1n) is 7.52. The molecule has 128 valence electrons. The van der Waals surface area contributed by atoms with E-state index >= 15 is 0 Å². The van der Waals surface area contributed by atoms with Gasteiger partial charge in [-0.2, -0.15) is 0 Å². The van der Waals surface area contributed by atoms with Gasteiger partial charge in [-0.05, 0) is 37.6 Å². The number of nitrogens with zero attached hydrogens (tertiary/aromatic N) is 1. The minimum atomic E-state index is -0.268. The van der Waals surface area contributed by atoms with Gasteiger partial charge >= 0.3 is 0 Å². The highest BCUT2D eigenvalue weighted by Crippen LogP contribution is 2.30. The van der Waals surface area contributed by atoms with Gasteiger partial charge in [0.25, 0.3) is 5.91 Å². The van der Waals surface area contributed by atoms with Gasteiger partial charge in [-0.25, -0.2) is 4.98 Å². The summed E-state index contributed by atoms with van der Waals surface area (Å²) in [6.07, 6.45) is 2.58. The standard InChI is InChI=1S/C16H18N4O2S.ClH/c17-7-6-14-20-13(9-23-14)16(22)19-12-3-1-2-11(8-12)18-15(21)10-4-5-10;/h1-3,8-10H,4-7,17H2,(H,18,21)(H,19,22);1H. The number of benzene rings is 1. The first kappa shape index (κ1) is 18.4. The highest BCUT2D eigenvalue weighted by molar-refractivity contribution is 7.09. The maximum atomic E-state index is 12.2. The predicted octanol–water partition coefficient (Wildman–Crippen LogP) is 2.67. The molecule has 1 aromatic heterocycles. The molecule has 4 N–H and O–H groups in total. The fourth-order valence-electron chi connectivity index (χ4n) is 2.11. The summed E-state index contributed by atoms with van der Waals surface area (Å²) in [4.78, 5) is 28.2. The van der Waals surface area contributed by atoms with Crippen molar-refractivity contribution in [2.24, 2.45) is 11.7 Å². The van der Waals surface area contributed by atoms with E-state index in [1.807, 2.05) is 0 Å². The molecule has 1 aromatic carbocycles. The smallest absolute Gasteiger partial charge is 0.275 e. The fourth-order valence-corrected chi connectivity index (χ4v) is 2.91. The van der Waals surface area contributed by atoms with Crippen LogP contribution in [-0.2, 0) is 11.2 Å². The van der Waals surface area contributed by atoms with Gasteiger partial charge in [-0.1, -0.05) is 6.07 Å². The lowest BCUT2D eigenvalue weighted by atomic mass is 10.2. The number of amides is 2. The van der Waals surface area contributed by atoms with Gasteiger partial charge < -0.3 is 16.4 Å². The number of halogens is 1. The molecule has 0 atom stereocenters. The summed E-state index contributed by atoms with van der Waals surface area (Å²) in [5.41, 5.74) is 7.17. The number of carbonyl (C=O) groups is 2. The van der Waals surface area contributed by atoms with Gasteiger partial charge in [-0.15, -0.1) is 23.7 Å². The third-order valence-electron chi connectivity index (χ3n) is 3.48. The molecule has 6 nitrogen and oxygen atoms in total. The molecule has 0 aliphatic heterocycles. The van der Waals surface area contributed by atoms with E-state index in [4.69, 9.17) is 5.73 Å². The Labute approximate surface area is 150 Å². The van der Waals surface area contributed by atoms with Gasteiger partial charge in [0.1, 0.15) is 5.69 Å². The van der Waals surface area contributed by atoms with Gasteiger partial charge in [0.2, 0.25) is 5.91 Å². The van der Waals surface area contributed by atoms with E-state index < -0.39 is 0 Å². The number of anilines is 2. The Hall–Kier alpha value is -1.96. The Morgan fingerprint density at radius 2 is 1.96 bits per heavy atom. The van der Waals surface area contributed by atoms with Gasteiger partial charge in [0.15, 0.2) is 0 Å². The Kier molecular flexibility index (Phi) is 6.30. The van der Waals surface area contributed by atoms with Crippen molar-refractivity contribution < 1.29 is 9.59 Å². The molecule has 2 aromatic rings. The summed E-state index contributed by atoms with van der Waals surface area (Å²) in [5.74, 6) is -0.0844. The lowest BCUT2D eigenvalue weighted by Crippen LogP contribution is -2.15. The molecular formula is C16H19ClN4O2S. The van der Waals surface area contributed by atoms with Crippen molar-refractivity contribution in [1.82, 2.24) is 4.98 Å². The molecule has 1 saturated carbocycles. The van der Waals surface area contributed by atoms with Crippen molar-refractivity contribution >= 4 is 46.9 Å². The van der Waals surface area contributed by atoms with Gasteiger partial charge in [0, 0.05) is 29.1 Å². The zero-order valence-corrected chi connectivity index (χ0v) is 14.6. The molecule has 1 aliphatic rings. The number of hydrogen-bond donors (Lipinski definition) is 3.